The molecule has 0 saturated heterocycles. The predicted octanol–water partition coefficient (Wildman–Crippen LogP) is 3.79. The van der Waals surface area contributed by atoms with Crippen molar-refractivity contribution in [1.29, 1.82) is 0 Å². The standard InChI is InChI=1S/C20H24N2O2/c1-15-9-10-19(24-2)17(14-15)21-12-11-20(23)22-13-5-7-16-6-3-4-8-18(16)22/h3-4,6,8-10,14,21H,5,7,11-13H2,1-2H3. The summed E-state index contributed by atoms with van der Waals surface area (Å²) in [6.07, 6.45) is 2.55. The van der Waals surface area contributed by atoms with E-state index in [0.717, 1.165) is 42.1 Å². The monoisotopic (exact) mass is 324 g/mol. The van der Waals surface area contributed by atoms with Gasteiger partial charge in [-0.2, -0.15) is 0 Å². The molecule has 0 saturated carbocycles. The fourth-order valence-electron chi connectivity index (χ4n) is 3.19. The summed E-state index contributed by atoms with van der Waals surface area (Å²) in [5.41, 5.74) is 4.44. The molecule has 2 aromatic rings. The van der Waals surface area contributed by atoms with Gasteiger partial charge in [-0.05, 0) is 49.1 Å². The first-order chi connectivity index (χ1) is 11.7. The number of hydrogen-bond donors (Lipinski definition) is 1. The Labute approximate surface area is 143 Å². The van der Waals surface area contributed by atoms with E-state index >= 15 is 0 Å². The number of nitrogens with zero attached hydrogens (tertiary/aromatic N) is 1. The Hall–Kier alpha value is -2.49. The van der Waals surface area contributed by atoms with E-state index in [-0.39, 0.29) is 5.91 Å². The summed E-state index contributed by atoms with van der Waals surface area (Å²) in [5, 5.41) is 3.33. The molecule has 0 atom stereocenters. The second-order valence-electron chi connectivity index (χ2n) is 6.16. The van der Waals surface area contributed by atoms with Gasteiger partial charge in [-0.15, -0.1) is 0 Å². The molecule has 0 unspecified atom stereocenters. The minimum atomic E-state index is 0.168. The van der Waals surface area contributed by atoms with Crippen LogP contribution in [0.5, 0.6) is 5.75 Å². The van der Waals surface area contributed by atoms with Crippen LogP contribution in [0.3, 0.4) is 0 Å². The number of carbonyl (C=O) groups excluding carboxylic acids is 1. The number of anilines is 2. The van der Waals surface area contributed by atoms with E-state index in [1.165, 1.54) is 5.56 Å². The molecular formula is C20H24N2O2. The Kier molecular flexibility index (Phi) is 5.04. The van der Waals surface area contributed by atoms with E-state index in [2.05, 4.69) is 11.4 Å². The highest BCUT2D eigenvalue weighted by molar-refractivity contribution is 5.94. The molecule has 4 nitrogen and oxygen atoms in total. The average Bonchev–Trinajstić information content (AvgIpc) is 2.61. The van der Waals surface area contributed by atoms with Gasteiger partial charge in [-0.25, -0.2) is 0 Å². The minimum Gasteiger partial charge on any atom is -0.495 e. The number of carbonyl (C=O) groups is 1. The quantitative estimate of drug-likeness (QED) is 0.910. The van der Waals surface area contributed by atoms with Gasteiger partial charge in [0.2, 0.25) is 5.91 Å². The molecule has 4 heteroatoms. The third kappa shape index (κ3) is 3.53. The number of para-hydroxylation sites is 1. The number of methoxy groups -OCH3 is 1. The SMILES string of the molecule is COc1ccc(C)cc1NCCC(=O)N1CCCc2ccccc21. The Balaban J connectivity index is 1.62. The van der Waals surface area contributed by atoms with Gasteiger partial charge in [0.1, 0.15) is 5.75 Å². The third-order valence-corrected chi connectivity index (χ3v) is 4.42. The Morgan fingerprint density at radius 1 is 1.25 bits per heavy atom. The van der Waals surface area contributed by atoms with Crippen molar-refractivity contribution < 1.29 is 9.53 Å². The third-order valence-electron chi connectivity index (χ3n) is 4.42. The normalized spacial score (nSPS) is 13.3. The fourth-order valence-corrected chi connectivity index (χ4v) is 3.19. The maximum absolute atomic E-state index is 12.6. The van der Waals surface area contributed by atoms with Crippen LogP contribution in [0.25, 0.3) is 0 Å². The number of rotatable bonds is 5. The number of fused-ring (bicyclic) bond motifs is 1. The van der Waals surface area contributed by atoms with Crippen LogP contribution < -0.4 is 15.0 Å². The molecule has 2 aromatic carbocycles. The fraction of sp³-hybridized carbons (Fsp3) is 0.350. The van der Waals surface area contributed by atoms with E-state index in [4.69, 9.17) is 4.74 Å². The molecule has 1 aliphatic rings. The van der Waals surface area contributed by atoms with Crippen LogP contribution in [-0.4, -0.2) is 26.1 Å². The van der Waals surface area contributed by atoms with Gasteiger partial charge in [0.25, 0.3) is 0 Å². The summed E-state index contributed by atoms with van der Waals surface area (Å²) in [4.78, 5) is 14.6. The van der Waals surface area contributed by atoms with Crippen molar-refractivity contribution in [2.45, 2.75) is 26.2 Å². The molecule has 1 amide bonds. The molecule has 0 fully saturated rings. The second kappa shape index (κ2) is 7.39. The first kappa shape index (κ1) is 16.4. The molecule has 1 aliphatic heterocycles. The molecule has 0 radical (unpaired) electrons. The Morgan fingerprint density at radius 3 is 2.92 bits per heavy atom. The summed E-state index contributed by atoms with van der Waals surface area (Å²) in [6.45, 7) is 3.45. The van der Waals surface area contributed by atoms with E-state index < -0.39 is 0 Å². The maximum atomic E-state index is 12.6. The van der Waals surface area contributed by atoms with Crippen molar-refractivity contribution >= 4 is 17.3 Å². The van der Waals surface area contributed by atoms with Crippen molar-refractivity contribution in [2.24, 2.45) is 0 Å². The minimum absolute atomic E-state index is 0.168. The topological polar surface area (TPSA) is 41.6 Å². The highest BCUT2D eigenvalue weighted by atomic mass is 16.5. The molecular weight excluding hydrogens is 300 g/mol. The van der Waals surface area contributed by atoms with Crippen molar-refractivity contribution in [3.8, 4) is 5.75 Å². The molecule has 0 spiro atoms. The number of hydrogen-bond acceptors (Lipinski definition) is 3. The van der Waals surface area contributed by atoms with Crippen LogP contribution in [0.4, 0.5) is 11.4 Å². The highest BCUT2D eigenvalue weighted by Crippen LogP contribution is 2.28. The Bertz CT molecular complexity index is 727. The molecule has 24 heavy (non-hydrogen) atoms. The molecule has 1 heterocycles. The molecule has 3 rings (SSSR count). The zero-order valence-corrected chi connectivity index (χ0v) is 14.3. The summed E-state index contributed by atoms with van der Waals surface area (Å²) < 4.78 is 5.36. The second-order valence-corrected chi connectivity index (χ2v) is 6.16. The molecule has 0 aliphatic carbocycles. The van der Waals surface area contributed by atoms with Gasteiger partial charge >= 0.3 is 0 Å². The highest BCUT2D eigenvalue weighted by Gasteiger charge is 2.21. The largest absolute Gasteiger partial charge is 0.495 e. The van der Waals surface area contributed by atoms with Crippen LogP contribution in [0, 0.1) is 6.92 Å². The van der Waals surface area contributed by atoms with Crippen molar-refractivity contribution in [3.63, 3.8) is 0 Å². The van der Waals surface area contributed by atoms with E-state index in [9.17, 15) is 4.79 Å². The van der Waals surface area contributed by atoms with Crippen LogP contribution in [0.15, 0.2) is 42.5 Å². The molecule has 0 bridgehead atoms. The van der Waals surface area contributed by atoms with Crippen molar-refractivity contribution in [2.75, 3.05) is 30.4 Å². The van der Waals surface area contributed by atoms with Crippen LogP contribution in [0.2, 0.25) is 0 Å². The summed E-state index contributed by atoms with van der Waals surface area (Å²) in [5.74, 6) is 0.970. The lowest BCUT2D eigenvalue weighted by molar-refractivity contribution is -0.118. The van der Waals surface area contributed by atoms with Gasteiger partial charge in [-0.3, -0.25) is 4.79 Å². The first-order valence-electron chi connectivity index (χ1n) is 8.46. The number of amides is 1. The zero-order valence-electron chi connectivity index (χ0n) is 14.3. The summed E-state index contributed by atoms with van der Waals surface area (Å²) in [6, 6.07) is 14.2. The van der Waals surface area contributed by atoms with Gasteiger partial charge in [-0.1, -0.05) is 24.3 Å². The molecule has 0 aromatic heterocycles. The van der Waals surface area contributed by atoms with Gasteiger partial charge in [0, 0.05) is 25.2 Å². The van der Waals surface area contributed by atoms with E-state index in [1.54, 1.807) is 7.11 Å². The molecule has 126 valence electrons. The number of aryl methyl sites for hydroxylation is 2. The lowest BCUT2D eigenvalue weighted by Gasteiger charge is -2.29. The smallest absolute Gasteiger partial charge is 0.228 e. The van der Waals surface area contributed by atoms with Gasteiger partial charge in [0.15, 0.2) is 0 Å². The van der Waals surface area contributed by atoms with Crippen LogP contribution >= 0.6 is 0 Å². The number of ether oxygens (including phenoxy) is 1. The lowest BCUT2D eigenvalue weighted by Crippen LogP contribution is -2.36. The average molecular weight is 324 g/mol. The van der Waals surface area contributed by atoms with Crippen molar-refractivity contribution in [1.82, 2.24) is 0 Å². The van der Waals surface area contributed by atoms with Gasteiger partial charge < -0.3 is 15.0 Å². The number of benzene rings is 2. The van der Waals surface area contributed by atoms with Crippen LogP contribution in [-0.2, 0) is 11.2 Å². The summed E-state index contributed by atoms with van der Waals surface area (Å²) >= 11 is 0. The van der Waals surface area contributed by atoms with Crippen molar-refractivity contribution in [3.05, 3.63) is 53.6 Å². The lowest BCUT2D eigenvalue weighted by atomic mass is 10.0. The first-order valence-corrected chi connectivity index (χ1v) is 8.46. The van der Waals surface area contributed by atoms with E-state index in [1.807, 2.05) is 48.2 Å². The van der Waals surface area contributed by atoms with Gasteiger partial charge in [0.05, 0.1) is 12.8 Å². The summed E-state index contributed by atoms with van der Waals surface area (Å²) in [7, 11) is 1.66. The zero-order chi connectivity index (χ0) is 16.9. The Morgan fingerprint density at radius 2 is 2.08 bits per heavy atom. The molecule has 1 N–H and O–H groups in total. The maximum Gasteiger partial charge on any atom is 0.228 e. The van der Waals surface area contributed by atoms with Crippen LogP contribution in [0.1, 0.15) is 24.0 Å². The van der Waals surface area contributed by atoms with E-state index in [0.29, 0.717) is 13.0 Å². The number of nitrogens with one attached hydrogen (secondary N) is 1. The predicted molar refractivity (Wildman–Crippen MR) is 98.0 cm³/mol.